The number of rotatable bonds is 5. The van der Waals surface area contributed by atoms with Crippen LogP contribution in [0.1, 0.15) is 18.4 Å². The normalized spacial score (nSPS) is 23.2. The van der Waals surface area contributed by atoms with Crippen LogP contribution < -0.4 is 5.32 Å². The van der Waals surface area contributed by atoms with E-state index < -0.39 is 27.0 Å². The molecule has 1 unspecified atom stereocenters. The van der Waals surface area contributed by atoms with Gasteiger partial charge in [0.2, 0.25) is 5.91 Å². The van der Waals surface area contributed by atoms with Gasteiger partial charge in [0, 0.05) is 24.0 Å². The Morgan fingerprint density at radius 1 is 1.37 bits per heavy atom. The first kappa shape index (κ1) is 19.9. The minimum absolute atomic E-state index is 0.0527. The number of benzene rings is 1. The molecule has 0 aliphatic carbocycles. The molecule has 7 nitrogen and oxygen atoms in total. The van der Waals surface area contributed by atoms with Crippen LogP contribution in [0.5, 0.6) is 0 Å². The molecule has 0 saturated carbocycles. The van der Waals surface area contributed by atoms with Gasteiger partial charge in [-0.2, -0.15) is 0 Å². The molecule has 0 spiro atoms. The molecule has 27 heavy (non-hydrogen) atoms. The third-order valence-electron chi connectivity index (χ3n) is 4.18. The molecule has 2 saturated heterocycles. The summed E-state index contributed by atoms with van der Waals surface area (Å²) in [7, 11) is -3.08. The Morgan fingerprint density at radius 2 is 2.15 bits per heavy atom. The lowest BCUT2D eigenvalue weighted by molar-refractivity contribution is -0.124. The molecule has 1 aromatic rings. The van der Waals surface area contributed by atoms with Gasteiger partial charge < -0.3 is 5.32 Å². The summed E-state index contributed by atoms with van der Waals surface area (Å²) in [6.45, 7) is -0.0527. The zero-order chi connectivity index (χ0) is 19.6. The van der Waals surface area contributed by atoms with Crippen molar-refractivity contribution in [3.8, 4) is 0 Å². The van der Waals surface area contributed by atoms with Crippen LogP contribution in [-0.4, -0.2) is 54.5 Å². The van der Waals surface area contributed by atoms with Crippen LogP contribution in [0.15, 0.2) is 29.2 Å². The van der Waals surface area contributed by atoms with E-state index in [9.17, 15) is 22.8 Å². The number of sulfone groups is 1. The maximum Gasteiger partial charge on any atom is 0.293 e. The molecular formula is C17H17ClN2O5S2. The quantitative estimate of drug-likeness (QED) is 0.720. The van der Waals surface area contributed by atoms with E-state index in [4.69, 9.17) is 11.6 Å². The summed E-state index contributed by atoms with van der Waals surface area (Å²) in [5, 5.41) is 2.72. The first-order chi connectivity index (χ1) is 12.7. The fraction of sp³-hybridized carbons (Fsp3) is 0.353. The van der Waals surface area contributed by atoms with Gasteiger partial charge in [-0.05, 0) is 42.0 Å². The Bertz CT molecular complexity index is 929. The van der Waals surface area contributed by atoms with Crippen LogP contribution in [0.4, 0.5) is 4.79 Å². The van der Waals surface area contributed by atoms with E-state index in [0.717, 1.165) is 16.7 Å². The van der Waals surface area contributed by atoms with E-state index in [2.05, 4.69) is 5.32 Å². The Labute approximate surface area is 166 Å². The minimum Gasteiger partial charge on any atom is -0.352 e. The van der Waals surface area contributed by atoms with Crippen molar-refractivity contribution in [3.05, 3.63) is 39.8 Å². The molecule has 1 atom stereocenters. The second-order valence-corrected chi connectivity index (χ2v) is 9.96. The molecule has 144 valence electrons. The van der Waals surface area contributed by atoms with Crippen LogP contribution in [-0.2, 0) is 19.4 Å². The fourth-order valence-electron chi connectivity index (χ4n) is 2.86. The van der Waals surface area contributed by atoms with Gasteiger partial charge in [0.05, 0.1) is 16.4 Å². The highest BCUT2D eigenvalue weighted by molar-refractivity contribution is 8.18. The molecule has 2 fully saturated rings. The van der Waals surface area contributed by atoms with Crippen LogP contribution in [0.3, 0.4) is 0 Å². The van der Waals surface area contributed by atoms with Gasteiger partial charge in [-0.15, -0.1) is 0 Å². The molecule has 1 N–H and O–H groups in total. The van der Waals surface area contributed by atoms with Crippen molar-refractivity contribution in [2.75, 3.05) is 18.1 Å². The number of hydrogen-bond acceptors (Lipinski definition) is 6. The van der Waals surface area contributed by atoms with Crippen molar-refractivity contribution in [1.82, 2.24) is 10.2 Å². The Balaban J connectivity index is 1.57. The molecule has 0 radical (unpaired) electrons. The largest absolute Gasteiger partial charge is 0.352 e. The summed E-state index contributed by atoms with van der Waals surface area (Å²) in [5.41, 5.74) is 0.702. The average molecular weight is 429 g/mol. The number of carbonyl (C=O) groups is 3. The van der Waals surface area contributed by atoms with Crippen LogP contribution in [0.2, 0.25) is 5.02 Å². The molecule has 0 aromatic heterocycles. The smallest absolute Gasteiger partial charge is 0.293 e. The number of imide groups is 1. The minimum atomic E-state index is -3.08. The monoisotopic (exact) mass is 428 g/mol. The number of nitrogens with one attached hydrogen (secondary N) is 1. The molecule has 2 aliphatic heterocycles. The first-order valence-corrected chi connectivity index (χ1v) is 11.3. The highest BCUT2D eigenvalue weighted by Crippen LogP contribution is 2.32. The number of nitrogens with zero attached hydrogens (tertiary/aromatic N) is 1. The summed E-state index contributed by atoms with van der Waals surface area (Å²) < 4.78 is 22.8. The second kappa shape index (κ2) is 8.04. The SMILES string of the molecule is O=C(CCN1C(=O)SC(=Cc2cccc(Cl)c2)C1=O)NC1CCS(=O)(=O)C1. The first-order valence-electron chi connectivity index (χ1n) is 8.24. The summed E-state index contributed by atoms with van der Waals surface area (Å²) in [5.74, 6) is -0.839. The predicted octanol–water partition coefficient (Wildman–Crippen LogP) is 2.07. The summed E-state index contributed by atoms with van der Waals surface area (Å²) >= 11 is 6.73. The topological polar surface area (TPSA) is 101 Å². The molecule has 3 amide bonds. The highest BCUT2D eigenvalue weighted by atomic mass is 35.5. The molecule has 3 rings (SSSR count). The van der Waals surface area contributed by atoms with Gasteiger partial charge in [-0.25, -0.2) is 8.42 Å². The average Bonchev–Trinajstić information content (AvgIpc) is 3.05. The van der Waals surface area contributed by atoms with Crippen molar-refractivity contribution in [2.24, 2.45) is 0 Å². The van der Waals surface area contributed by atoms with Gasteiger partial charge in [0.25, 0.3) is 11.1 Å². The lowest BCUT2D eigenvalue weighted by Crippen LogP contribution is -2.38. The lowest BCUT2D eigenvalue weighted by Gasteiger charge is -2.14. The van der Waals surface area contributed by atoms with Crippen LogP contribution in [0, 0.1) is 0 Å². The second-order valence-electron chi connectivity index (χ2n) is 6.31. The van der Waals surface area contributed by atoms with Crippen molar-refractivity contribution in [3.63, 3.8) is 0 Å². The van der Waals surface area contributed by atoms with E-state index in [1.807, 2.05) is 0 Å². The van der Waals surface area contributed by atoms with Gasteiger partial charge in [0.1, 0.15) is 0 Å². The van der Waals surface area contributed by atoms with Gasteiger partial charge in [-0.1, -0.05) is 23.7 Å². The Kier molecular flexibility index (Phi) is 5.92. The third-order valence-corrected chi connectivity index (χ3v) is 7.09. The predicted molar refractivity (Wildman–Crippen MR) is 104 cm³/mol. The lowest BCUT2D eigenvalue weighted by atomic mass is 10.2. The maximum atomic E-state index is 12.4. The highest BCUT2D eigenvalue weighted by Gasteiger charge is 2.35. The molecule has 2 heterocycles. The van der Waals surface area contributed by atoms with Gasteiger partial charge in [-0.3, -0.25) is 19.3 Å². The molecule has 2 aliphatic rings. The Hall–Kier alpha value is -1.84. The van der Waals surface area contributed by atoms with Crippen molar-refractivity contribution >= 4 is 56.3 Å². The third kappa shape index (κ3) is 5.12. The maximum absolute atomic E-state index is 12.4. The standard InChI is InChI=1S/C17H17ClN2O5S2/c18-12-3-1-2-11(8-12)9-14-16(22)20(17(23)26-14)6-4-15(21)19-13-5-7-27(24,25)10-13/h1-3,8-9,13H,4-7,10H2,(H,19,21). The van der Waals surface area contributed by atoms with Gasteiger partial charge >= 0.3 is 0 Å². The zero-order valence-electron chi connectivity index (χ0n) is 14.2. The number of halogens is 1. The molecular weight excluding hydrogens is 412 g/mol. The number of hydrogen-bond donors (Lipinski definition) is 1. The summed E-state index contributed by atoms with van der Waals surface area (Å²) in [6.07, 6.45) is 1.90. The molecule has 10 heteroatoms. The molecule has 0 bridgehead atoms. The summed E-state index contributed by atoms with van der Waals surface area (Å²) in [4.78, 5) is 37.8. The fourth-order valence-corrected chi connectivity index (χ4v) is 5.60. The van der Waals surface area contributed by atoms with E-state index in [0.29, 0.717) is 17.0 Å². The summed E-state index contributed by atoms with van der Waals surface area (Å²) in [6, 6.07) is 6.49. The Morgan fingerprint density at radius 3 is 2.81 bits per heavy atom. The van der Waals surface area contributed by atoms with E-state index >= 15 is 0 Å². The van der Waals surface area contributed by atoms with E-state index in [1.165, 1.54) is 0 Å². The van der Waals surface area contributed by atoms with E-state index in [1.54, 1.807) is 30.3 Å². The number of carbonyl (C=O) groups excluding carboxylic acids is 3. The number of thioether (sulfide) groups is 1. The van der Waals surface area contributed by atoms with Crippen molar-refractivity contribution < 1.29 is 22.8 Å². The van der Waals surface area contributed by atoms with Crippen molar-refractivity contribution in [1.29, 1.82) is 0 Å². The van der Waals surface area contributed by atoms with Crippen LogP contribution >= 0.6 is 23.4 Å². The van der Waals surface area contributed by atoms with E-state index in [-0.39, 0.29) is 35.3 Å². The van der Waals surface area contributed by atoms with Gasteiger partial charge in [0.15, 0.2) is 9.84 Å². The van der Waals surface area contributed by atoms with Crippen LogP contribution in [0.25, 0.3) is 6.08 Å². The van der Waals surface area contributed by atoms with Crippen molar-refractivity contribution in [2.45, 2.75) is 18.9 Å². The number of amides is 3. The molecule has 1 aromatic carbocycles. The zero-order valence-corrected chi connectivity index (χ0v) is 16.6.